The van der Waals surface area contributed by atoms with E-state index in [1.54, 1.807) is 6.92 Å². The van der Waals surface area contributed by atoms with E-state index in [2.05, 4.69) is 0 Å². The molecular weight excluding hydrogens is 302 g/mol. The molecule has 1 rings (SSSR count). The Bertz CT molecular complexity index is 632. The van der Waals surface area contributed by atoms with Gasteiger partial charge in [-0.25, -0.2) is 4.79 Å². The standard InChI is InChI=1S/C15H21N3O5/c1-4-9-17(15(3,5-2)14(20)21)13(19)10-7-6-8-11(12(10)16)18(22)23/h6-8H,4-5,9,16H2,1-3H3,(H,20,21). The van der Waals surface area contributed by atoms with Gasteiger partial charge in [0.15, 0.2) is 0 Å². The summed E-state index contributed by atoms with van der Waals surface area (Å²) in [6, 6.07) is 3.92. The van der Waals surface area contributed by atoms with Crippen molar-refractivity contribution in [1.29, 1.82) is 0 Å². The van der Waals surface area contributed by atoms with E-state index in [1.807, 2.05) is 6.92 Å². The molecule has 8 nitrogen and oxygen atoms in total. The van der Waals surface area contributed by atoms with Crippen molar-refractivity contribution in [3.8, 4) is 0 Å². The molecule has 0 saturated heterocycles. The maximum absolute atomic E-state index is 12.8. The molecule has 1 amide bonds. The second-order valence-corrected chi connectivity index (χ2v) is 5.38. The minimum Gasteiger partial charge on any atom is -0.480 e. The normalized spacial score (nSPS) is 13.2. The molecule has 0 aliphatic carbocycles. The number of nitro groups is 1. The van der Waals surface area contributed by atoms with E-state index < -0.39 is 22.3 Å². The lowest BCUT2D eigenvalue weighted by Crippen LogP contribution is -2.55. The van der Waals surface area contributed by atoms with Crippen molar-refractivity contribution in [3.63, 3.8) is 0 Å². The zero-order valence-corrected chi connectivity index (χ0v) is 13.4. The summed E-state index contributed by atoms with van der Waals surface area (Å²) in [5, 5.41) is 20.5. The summed E-state index contributed by atoms with van der Waals surface area (Å²) in [5.74, 6) is -1.76. The van der Waals surface area contributed by atoms with Crippen LogP contribution in [0.1, 0.15) is 44.0 Å². The van der Waals surface area contributed by atoms with Gasteiger partial charge in [-0.3, -0.25) is 14.9 Å². The first-order valence-electron chi connectivity index (χ1n) is 7.28. The molecule has 3 N–H and O–H groups in total. The fourth-order valence-electron chi connectivity index (χ4n) is 2.30. The Morgan fingerprint density at radius 2 is 2.00 bits per heavy atom. The highest BCUT2D eigenvalue weighted by Crippen LogP contribution is 2.29. The average Bonchev–Trinajstić information content (AvgIpc) is 2.50. The third-order valence-corrected chi connectivity index (χ3v) is 3.95. The van der Waals surface area contributed by atoms with Gasteiger partial charge in [-0.15, -0.1) is 0 Å². The van der Waals surface area contributed by atoms with Crippen LogP contribution in [0.3, 0.4) is 0 Å². The number of nitrogens with two attached hydrogens (primary N) is 1. The van der Waals surface area contributed by atoms with E-state index in [0.29, 0.717) is 6.42 Å². The maximum atomic E-state index is 12.8. The Balaban J connectivity index is 3.41. The van der Waals surface area contributed by atoms with Gasteiger partial charge in [-0.1, -0.05) is 19.9 Å². The van der Waals surface area contributed by atoms with Gasteiger partial charge < -0.3 is 15.7 Å². The SMILES string of the molecule is CCCN(C(=O)c1cccc([N+](=O)[O-])c1N)C(C)(CC)C(=O)O. The maximum Gasteiger partial charge on any atom is 0.329 e. The van der Waals surface area contributed by atoms with Gasteiger partial charge in [0.25, 0.3) is 11.6 Å². The molecule has 8 heteroatoms. The van der Waals surface area contributed by atoms with E-state index in [4.69, 9.17) is 5.73 Å². The number of nitrogen functional groups attached to an aromatic ring is 1. The number of amides is 1. The van der Waals surface area contributed by atoms with E-state index >= 15 is 0 Å². The van der Waals surface area contributed by atoms with Crippen LogP contribution in [0.4, 0.5) is 11.4 Å². The number of hydrogen-bond acceptors (Lipinski definition) is 5. The minimum absolute atomic E-state index is 0.0615. The van der Waals surface area contributed by atoms with Crippen LogP contribution in [-0.4, -0.2) is 38.9 Å². The van der Waals surface area contributed by atoms with Crippen molar-refractivity contribution in [3.05, 3.63) is 33.9 Å². The summed E-state index contributed by atoms with van der Waals surface area (Å²) in [4.78, 5) is 35.9. The monoisotopic (exact) mass is 323 g/mol. The highest BCUT2D eigenvalue weighted by molar-refractivity contribution is 6.03. The van der Waals surface area contributed by atoms with Gasteiger partial charge >= 0.3 is 5.97 Å². The Morgan fingerprint density at radius 3 is 2.43 bits per heavy atom. The molecule has 1 aromatic rings. The number of anilines is 1. The van der Waals surface area contributed by atoms with Crippen molar-refractivity contribution < 1.29 is 19.6 Å². The van der Waals surface area contributed by atoms with Gasteiger partial charge in [-0.2, -0.15) is 0 Å². The molecule has 0 aromatic heterocycles. The molecule has 0 aliphatic rings. The Labute approximate surface area is 134 Å². The highest BCUT2D eigenvalue weighted by atomic mass is 16.6. The topological polar surface area (TPSA) is 127 Å². The number of aliphatic carboxylic acids is 1. The average molecular weight is 323 g/mol. The Hall–Kier alpha value is -2.64. The van der Waals surface area contributed by atoms with Crippen LogP contribution >= 0.6 is 0 Å². The summed E-state index contributed by atoms with van der Waals surface area (Å²) in [6.07, 6.45) is 0.742. The fourth-order valence-corrected chi connectivity index (χ4v) is 2.30. The molecule has 0 fully saturated rings. The molecule has 0 aliphatic heterocycles. The number of carbonyl (C=O) groups excluding carboxylic acids is 1. The van der Waals surface area contributed by atoms with Crippen molar-refractivity contribution in [1.82, 2.24) is 4.90 Å². The van der Waals surface area contributed by atoms with Gasteiger partial charge in [-0.05, 0) is 25.8 Å². The fraction of sp³-hybridized carbons (Fsp3) is 0.467. The first kappa shape index (κ1) is 18.4. The van der Waals surface area contributed by atoms with E-state index in [1.165, 1.54) is 30.0 Å². The molecule has 0 spiro atoms. The van der Waals surface area contributed by atoms with Crippen LogP contribution in [0.15, 0.2) is 18.2 Å². The predicted molar refractivity (Wildman–Crippen MR) is 85.2 cm³/mol. The summed E-state index contributed by atoms with van der Waals surface area (Å²) in [5.41, 5.74) is 3.64. The van der Waals surface area contributed by atoms with E-state index in [0.717, 1.165) is 0 Å². The second-order valence-electron chi connectivity index (χ2n) is 5.38. The number of para-hydroxylation sites is 1. The lowest BCUT2D eigenvalue weighted by Gasteiger charge is -2.37. The zero-order chi connectivity index (χ0) is 17.8. The second kappa shape index (κ2) is 7.08. The summed E-state index contributed by atoms with van der Waals surface area (Å²) in [6.45, 7) is 5.14. The van der Waals surface area contributed by atoms with Gasteiger partial charge in [0, 0.05) is 12.6 Å². The van der Waals surface area contributed by atoms with Crippen molar-refractivity contribution in [2.75, 3.05) is 12.3 Å². The molecular formula is C15H21N3O5. The zero-order valence-electron chi connectivity index (χ0n) is 13.4. The van der Waals surface area contributed by atoms with Gasteiger partial charge in [0.1, 0.15) is 11.2 Å². The van der Waals surface area contributed by atoms with Crippen LogP contribution in [0.5, 0.6) is 0 Å². The molecule has 126 valence electrons. The number of benzene rings is 1. The number of carboxylic acid groups (broad SMARTS) is 1. The Kier molecular flexibility index (Phi) is 5.67. The molecule has 1 unspecified atom stereocenters. The number of nitro benzene ring substituents is 1. The van der Waals surface area contributed by atoms with Crippen molar-refractivity contribution in [2.24, 2.45) is 0 Å². The Morgan fingerprint density at radius 1 is 1.39 bits per heavy atom. The lowest BCUT2D eigenvalue weighted by molar-refractivity contribution is -0.383. The number of carbonyl (C=O) groups is 2. The van der Waals surface area contributed by atoms with Crippen LogP contribution < -0.4 is 5.73 Å². The third-order valence-electron chi connectivity index (χ3n) is 3.95. The van der Waals surface area contributed by atoms with Gasteiger partial charge in [0.2, 0.25) is 0 Å². The third kappa shape index (κ3) is 3.41. The molecule has 1 atom stereocenters. The molecule has 0 radical (unpaired) electrons. The van der Waals surface area contributed by atoms with Crippen LogP contribution in [0.2, 0.25) is 0 Å². The van der Waals surface area contributed by atoms with Crippen LogP contribution in [0.25, 0.3) is 0 Å². The van der Waals surface area contributed by atoms with Crippen molar-refractivity contribution >= 4 is 23.3 Å². The smallest absolute Gasteiger partial charge is 0.329 e. The van der Waals surface area contributed by atoms with Gasteiger partial charge in [0.05, 0.1) is 10.5 Å². The van der Waals surface area contributed by atoms with E-state index in [-0.39, 0.29) is 29.9 Å². The quantitative estimate of drug-likeness (QED) is 0.450. The minimum atomic E-state index is -1.41. The molecule has 1 aromatic carbocycles. The number of nitrogens with zero attached hydrogens (tertiary/aromatic N) is 2. The summed E-state index contributed by atoms with van der Waals surface area (Å²) >= 11 is 0. The summed E-state index contributed by atoms with van der Waals surface area (Å²) in [7, 11) is 0. The largest absolute Gasteiger partial charge is 0.480 e. The van der Waals surface area contributed by atoms with Crippen molar-refractivity contribution in [2.45, 2.75) is 39.2 Å². The summed E-state index contributed by atoms with van der Waals surface area (Å²) < 4.78 is 0. The van der Waals surface area contributed by atoms with Crippen LogP contribution in [-0.2, 0) is 4.79 Å². The lowest BCUT2D eigenvalue weighted by atomic mass is 9.94. The predicted octanol–water partition coefficient (Wildman–Crippen LogP) is 2.28. The number of hydrogen-bond donors (Lipinski definition) is 2. The molecule has 0 heterocycles. The highest BCUT2D eigenvalue weighted by Gasteiger charge is 2.41. The number of carboxylic acids is 1. The number of rotatable bonds is 7. The first-order chi connectivity index (χ1) is 10.7. The molecule has 0 bridgehead atoms. The molecule has 0 saturated carbocycles. The van der Waals surface area contributed by atoms with E-state index in [9.17, 15) is 24.8 Å². The first-order valence-corrected chi connectivity index (χ1v) is 7.28. The molecule has 23 heavy (non-hydrogen) atoms. The van der Waals surface area contributed by atoms with Crippen LogP contribution in [0, 0.1) is 10.1 Å².